The van der Waals surface area contributed by atoms with Crippen LogP contribution in [0.3, 0.4) is 0 Å². The van der Waals surface area contributed by atoms with Gasteiger partial charge in [0.25, 0.3) is 8.32 Å². The fourth-order valence-corrected chi connectivity index (χ4v) is 8.53. The van der Waals surface area contributed by atoms with E-state index in [2.05, 4.69) is 94.4 Å². The molecule has 0 aliphatic rings. The van der Waals surface area contributed by atoms with E-state index < -0.39 is 14.4 Å². The van der Waals surface area contributed by atoms with Gasteiger partial charge in [0.1, 0.15) is 6.10 Å². The Balaban J connectivity index is 1.93. The van der Waals surface area contributed by atoms with Gasteiger partial charge in [-0.1, -0.05) is 101 Å². The van der Waals surface area contributed by atoms with Crippen LogP contribution < -0.4 is 10.4 Å². The predicted octanol–water partition coefficient (Wildman–Crippen LogP) is 4.31. The lowest BCUT2D eigenvalue weighted by molar-refractivity contribution is -0.0150. The van der Waals surface area contributed by atoms with Crippen LogP contribution >= 0.6 is 0 Å². The van der Waals surface area contributed by atoms with Gasteiger partial charge in [0.2, 0.25) is 0 Å². The van der Waals surface area contributed by atoms with E-state index >= 15 is 0 Å². The number of rotatable bonds is 14. The molecule has 2 aromatic rings. The van der Waals surface area contributed by atoms with Crippen LogP contribution in [0.2, 0.25) is 5.04 Å². The summed E-state index contributed by atoms with van der Waals surface area (Å²) in [5, 5.41) is 12.5. The van der Waals surface area contributed by atoms with E-state index in [0.717, 1.165) is 12.8 Å². The Hall–Kier alpha value is -1.76. The van der Waals surface area contributed by atoms with Gasteiger partial charge in [0, 0.05) is 13.2 Å². The maximum Gasteiger partial charge on any atom is 0.261 e. The monoisotopic (exact) mass is 456 g/mol. The molecule has 176 valence electrons. The molecular weight excluding hydrogens is 416 g/mol. The van der Waals surface area contributed by atoms with Crippen LogP contribution in [-0.2, 0) is 13.9 Å². The lowest BCUT2D eigenvalue weighted by Crippen LogP contribution is -2.66. The van der Waals surface area contributed by atoms with Crippen LogP contribution in [0.1, 0.15) is 40.5 Å². The topological polar surface area (TPSA) is 47.9 Å². The minimum atomic E-state index is -2.49. The quantitative estimate of drug-likeness (QED) is 0.261. The van der Waals surface area contributed by atoms with Crippen molar-refractivity contribution in [3.8, 4) is 0 Å². The number of ether oxygens (including phenoxy) is 2. The van der Waals surface area contributed by atoms with E-state index in [1.165, 1.54) is 10.4 Å². The largest absolute Gasteiger partial charge is 0.407 e. The SMILES string of the molecule is CC/C=C\COCC(O)COCCCO[Si](c1ccccc1)(c1ccccc1)C(C)(C)C. The van der Waals surface area contributed by atoms with Gasteiger partial charge in [0.15, 0.2) is 0 Å². The van der Waals surface area contributed by atoms with E-state index in [-0.39, 0.29) is 18.3 Å². The highest BCUT2D eigenvalue weighted by Crippen LogP contribution is 2.36. The van der Waals surface area contributed by atoms with Crippen molar-refractivity contribution in [3.05, 3.63) is 72.8 Å². The Morgan fingerprint density at radius 1 is 0.844 bits per heavy atom. The molecule has 0 saturated carbocycles. The molecule has 1 N–H and O–H groups in total. The van der Waals surface area contributed by atoms with E-state index in [1.807, 2.05) is 6.08 Å². The number of aliphatic hydroxyl groups is 1. The van der Waals surface area contributed by atoms with Crippen molar-refractivity contribution < 1.29 is 19.0 Å². The first-order valence-corrected chi connectivity index (χ1v) is 13.6. The molecule has 2 aromatic carbocycles. The highest BCUT2D eigenvalue weighted by atomic mass is 28.4. The fraction of sp³-hybridized carbons (Fsp3) is 0.481. The normalized spacial score (nSPS) is 13.5. The van der Waals surface area contributed by atoms with Crippen LogP contribution in [-0.4, -0.2) is 52.6 Å². The van der Waals surface area contributed by atoms with Crippen molar-refractivity contribution in [3.63, 3.8) is 0 Å². The summed E-state index contributed by atoms with van der Waals surface area (Å²) in [5.74, 6) is 0. The Labute approximate surface area is 195 Å². The van der Waals surface area contributed by atoms with E-state index in [1.54, 1.807) is 0 Å². The Bertz CT molecular complexity index is 732. The third kappa shape index (κ3) is 7.68. The average molecular weight is 457 g/mol. The van der Waals surface area contributed by atoms with Crippen LogP contribution in [0.25, 0.3) is 0 Å². The van der Waals surface area contributed by atoms with Gasteiger partial charge in [-0.15, -0.1) is 0 Å². The van der Waals surface area contributed by atoms with Crippen LogP contribution in [0.5, 0.6) is 0 Å². The first kappa shape index (κ1) is 26.5. The maximum atomic E-state index is 10.00. The lowest BCUT2D eigenvalue weighted by Gasteiger charge is -2.43. The molecule has 5 heteroatoms. The Kier molecular flexibility index (Phi) is 11.3. The van der Waals surface area contributed by atoms with Gasteiger partial charge in [-0.3, -0.25) is 0 Å². The molecule has 0 heterocycles. The number of aliphatic hydroxyl groups excluding tert-OH is 1. The first-order chi connectivity index (χ1) is 15.4. The molecule has 4 nitrogen and oxygen atoms in total. The summed E-state index contributed by atoms with van der Waals surface area (Å²) < 4.78 is 17.9. The number of hydrogen-bond acceptors (Lipinski definition) is 4. The summed E-state index contributed by atoms with van der Waals surface area (Å²) in [5.41, 5.74) is 0. The zero-order chi connectivity index (χ0) is 23.3. The summed E-state index contributed by atoms with van der Waals surface area (Å²) in [6, 6.07) is 21.3. The second-order valence-corrected chi connectivity index (χ2v) is 13.3. The van der Waals surface area contributed by atoms with Crippen LogP contribution in [0, 0.1) is 0 Å². The smallest absolute Gasteiger partial charge is 0.261 e. The molecule has 0 bridgehead atoms. The zero-order valence-electron chi connectivity index (χ0n) is 20.1. The van der Waals surface area contributed by atoms with E-state index in [9.17, 15) is 5.11 Å². The molecule has 1 unspecified atom stereocenters. The number of allylic oxidation sites excluding steroid dienone is 1. The average Bonchev–Trinajstić information content (AvgIpc) is 2.79. The Morgan fingerprint density at radius 2 is 1.41 bits per heavy atom. The van der Waals surface area contributed by atoms with Crippen molar-refractivity contribution >= 4 is 18.7 Å². The highest BCUT2D eigenvalue weighted by molar-refractivity contribution is 6.99. The summed E-state index contributed by atoms with van der Waals surface area (Å²) >= 11 is 0. The van der Waals surface area contributed by atoms with Crippen molar-refractivity contribution in [2.45, 2.75) is 51.7 Å². The standard InChI is InChI=1S/C27H40O4Si/c1-5-6-13-19-29-22-24(28)23-30-20-14-21-31-32(27(2,3)4,25-15-9-7-10-16-25)26-17-11-8-12-18-26/h6-13,15-18,24,28H,5,14,19-23H2,1-4H3/b13-6-. The van der Waals surface area contributed by atoms with Gasteiger partial charge >= 0.3 is 0 Å². The lowest BCUT2D eigenvalue weighted by atomic mass is 10.2. The molecule has 0 aliphatic heterocycles. The molecule has 32 heavy (non-hydrogen) atoms. The molecular formula is C27H40O4Si. The summed E-state index contributed by atoms with van der Waals surface area (Å²) in [6.07, 6.45) is 5.18. The van der Waals surface area contributed by atoms with Gasteiger partial charge in [-0.25, -0.2) is 0 Å². The number of hydrogen-bond donors (Lipinski definition) is 1. The molecule has 0 amide bonds. The van der Waals surface area contributed by atoms with Crippen molar-refractivity contribution in [1.29, 1.82) is 0 Å². The van der Waals surface area contributed by atoms with E-state index in [0.29, 0.717) is 19.8 Å². The first-order valence-electron chi connectivity index (χ1n) is 11.7. The third-order valence-electron chi connectivity index (χ3n) is 5.41. The minimum Gasteiger partial charge on any atom is -0.407 e. The van der Waals surface area contributed by atoms with Gasteiger partial charge in [-0.2, -0.15) is 0 Å². The second kappa shape index (κ2) is 13.7. The Morgan fingerprint density at radius 3 is 1.94 bits per heavy atom. The predicted molar refractivity (Wildman–Crippen MR) is 135 cm³/mol. The zero-order valence-corrected chi connectivity index (χ0v) is 21.1. The van der Waals surface area contributed by atoms with Crippen LogP contribution in [0.15, 0.2) is 72.8 Å². The molecule has 0 saturated heterocycles. The summed E-state index contributed by atoms with van der Waals surface area (Å²) in [7, 11) is -2.49. The second-order valence-electron chi connectivity index (χ2n) is 9.01. The van der Waals surface area contributed by atoms with Gasteiger partial charge in [-0.05, 0) is 28.3 Å². The molecule has 0 aromatic heterocycles. The highest BCUT2D eigenvalue weighted by Gasteiger charge is 2.49. The molecule has 2 rings (SSSR count). The molecule has 0 fully saturated rings. The van der Waals surface area contributed by atoms with Crippen molar-refractivity contribution in [1.82, 2.24) is 0 Å². The molecule has 0 spiro atoms. The summed E-state index contributed by atoms with van der Waals surface area (Å²) in [6.45, 7) is 11.2. The van der Waals surface area contributed by atoms with Crippen LogP contribution in [0.4, 0.5) is 0 Å². The van der Waals surface area contributed by atoms with Gasteiger partial charge < -0.3 is 19.0 Å². The number of benzene rings is 2. The molecule has 0 radical (unpaired) electrons. The molecule has 0 aliphatic carbocycles. The van der Waals surface area contributed by atoms with Gasteiger partial charge in [0.05, 0.1) is 19.8 Å². The van der Waals surface area contributed by atoms with Crippen molar-refractivity contribution in [2.24, 2.45) is 0 Å². The van der Waals surface area contributed by atoms with Crippen molar-refractivity contribution in [2.75, 3.05) is 33.0 Å². The maximum absolute atomic E-state index is 10.00. The minimum absolute atomic E-state index is 0.0314. The summed E-state index contributed by atoms with van der Waals surface area (Å²) in [4.78, 5) is 0. The third-order valence-corrected chi connectivity index (χ3v) is 10.4. The van der Waals surface area contributed by atoms with E-state index in [4.69, 9.17) is 13.9 Å². The molecule has 1 atom stereocenters. The fourth-order valence-electron chi connectivity index (χ4n) is 3.92.